The minimum atomic E-state index is -0.795. The van der Waals surface area contributed by atoms with Crippen LogP contribution in [0.4, 0.5) is 9.18 Å². The Balaban J connectivity index is 2.42. The predicted molar refractivity (Wildman–Crippen MR) is 158 cm³/mol. The molecule has 40 heavy (non-hydrogen) atoms. The van der Waals surface area contributed by atoms with E-state index in [-0.39, 0.29) is 25.1 Å². The third-order valence-electron chi connectivity index (χ3n) is 6.28. The molecular formula is C31H44FN5O3. The molecule has 1 aliphatic rings. The van der Waals surface area contributed by atoms with Crippen LogP contribution in [0, 0.1) is 5.82 Å². The van der Waals surface area contributed by atoms with Crippen molar-refractivity contribution in [3.05, 3.63) is 107 Å². The lowest BCUT2D eigenvalue weighted by molar-refractivity contribution is 0.105. The fourth-order valence-corrected chi connectivity index (χ4v) is 3.90. The number of halogens is 1. The van der Waals surface area contributed by atoms with Crippen molar-refractivity contribution in [1.82, 2.24) is 25.8 Å². The normalized spacial score (nSPS) is 14.8. The maximum Gasteiger partial charge on any atom is 0.326 e. The van der Waals surface area contributed by atoms with Gasteiger partial charge >= 0.3 is 6.03 Å². The van der Waals surface area contributed by atoms with E-state index in [4.69, 9.17) is 4.74 Å². The fourth-order valence-electron chi connectivity index (χ4n) is 3.90. The summed E-state index contributed by atoms with van der Waals surface area (Å²) in [6.07, 6.45) is 10.2. The van der Waals surface area contributed by atoms with Gasteiger partial charge in [-0.2, -0.15) is 0 Å². The summed E-state index contributed by atoms with van der Waals surface area (Å²) in [5.41, 5.74) is 5.45. The second kappa shape index (κ2) is 16.3. The Morgan fingerprint density at radius 3 is 2.58 bits per heavy atom. The molecule has 1 aliphatic carbocycles. The molecule has 1 aromatic carbocycles. The van der Waals surface area contributed by atoms with Gasteiger partial charge in [0.25, 0.3) is 0 Å². The Morgan fingerprint density at radius 1 is 1.25 bits per heavy atom. The SMILES string of the molecule is C=C(C)N/C=C/N(C)C(=O)N(Cc1ccc(F)cc1)C(NCO)NC1=C(C)CC=C(C)C(CO/C(C)=C/CC)=C1. The number of nitrogens with one attached hydrogen (secondary N) is 3. The first-order valence-electron chi connectivity index (χ1n) is 13.4. The van der Waals surface area contributed by atoms with Crippen LogP contribution in [0.2, 0.25) is 0 Å². The van der Waals surface area contributed by atoms with E-state index < -0.39 is 6.29 Å². The summed E-state index contributed by atoms with van der Waals surface area (Å²) >= 11 is 0. The number of aliphatic hydroxyl groups is 1. The van der Waals surface area contributed by atoms with Crippen molar-refractivity contribution in [2.45, 2.75) is 60.3 Å². The van der Waals surface area contributed by atoms with Crippen molar-refractivity contribution in [1.29, 1.82) is 0 Å². The summed E-state index contributed by atoms with van der Waals surface area (Å²) in [5.74, 6) is 0.505. The van der Waals surface area contributed by atoms with Crippen molar-refractivity contribution in [3.8, 4) is 0 Å². The minimum Gasteiger partial charge on any atom is -0.494 e. The van der Waals surface area contributed by atoms with Gasteiger partial charge in [0.1, 0.15) is 12.4 Å². The highest BCUT2D eigenvalue weighted by Crippen LogP contribution is 2.23. The van der Waals surface area contributed by atoms with E-state index in [2.05, 4.69) is 42.5 Å². The highest BCUT2D eigenvalue weighted by Gasteiger charge is 2.27. The zero-order valence-electron chi connectivity index (χ0n) is 24.6. The molecule has 1 aromatic rings. The second-order valence-corrected chi connectivity index (χ2v) is 9.76. The lowest BCUT2D eigenvalue weighted by Crippen LogP contribution is -2.58. The number of nitrogens with zero attached hydrogens (tertiary/aromatic N) is 2. The Morgan fingerprint density at radius 2 is 1.95 bits per heavy atom. The standard InChI is InChI=1S/C31H44FN5O3/c1-8-9-25(6)40-20-27-18-29(24(5)11-10-23(27)4)35-30(34-21-38)37(19-26-12-14-28(32)15-13-26)31(39)36(7)17-16-33-22(2)3/h9-10,12-18,30,33-35,38H,2,8,11,19-21H2,1,3-7H3/b17-16+,25-9+. The number of aliphatic hydroxyl groups excluding tert-OH is 1. The number of carbonyl (C=O) groups excluding carboxylic acids is 1. The average Bonchev–Trinajstić information content (AvgIpc) is 3.04. The molecule has 2 amide bonds. The molecule has 0 fully saturated rings. The number of allylic oxidation sites excluding steroid dienone is 6. The molecule has 0 saturated heterocycles. The summed E-state index contributed by atoms with van der Waals surface area (Å²) in [5, 5.41) is 19.3. The maximum atomic E-state index is 13.7. The number of hydrogen-bond donors (Lipinski definition) is 4. The van der Waals surface area contributed by atoms with Crippen LogP contribution < -0.4 is 16.0 Å². The summed E-state index contributed by atoms with van der Waals surface area (Å²) < 4.78 is 19.6. The fraction of sp³-hybridized carbons (Fsp3) is 0.387. The van der Waals surface area contributed by atoms with Crippen molar-refractivity contribution in [2.24, 2.45) is 0 Å². The molecule has 0 aromatic heterocycles. The molecule has 8 nitrogen and oxygen atoms in total. The van der Waals surface area contributed by atoms with Crippen LogP contribution in [0.15, 0.2) is 95.3 Å². The van der Waals surface area contributed by atoms with Crippen LogP contribution in [0.3, 0.4) is 0 Å². The van der Waals surface area contributed by atoms with Crippen LogP contribution in [-0.4, -0.2) is 47.6 Å². The van der Waals surface area contributed by atoms with Crippen molar-refractivity contribution in [2.75, 3.05) is 20.4 Å². The Bertz CT molecular complexity index is 1170. The van der Waals surface area contributed by atoms with Gasteiger partial charge in [0.15, 0.2) is 6.29 Å². The molecule has 1 atom stereocenters. The smallest absolute Gasteiger partial charge is 0.326 e. The van der Waals surface area contributed by atoms with E-state index in [1.165, 1.54) is 21.9 Å². The van der Waals surface area contributed by atoms with Crippen molar-refractivity contribution < 1.29 is 19.0 Å². The van der Waals surface area contributed by atoms with Crippen molar-refractivity contribution in [3.63, 3.8) is 0 Å². The van der Waals surface area contributed by atoms with E-state index in [0.717, 1.165) is 45.9 Å². The topological polar surface area (TPSA) is 89.1 Å². The number of urea groups is 1. The van der Waals surface area contributed by atoms with Crippen LogP contribution in [0.1, 0.15) is 53.0 Å². The van der Waals surface area contributed by atoms with Crippen LogP contribution in [0.5, 0.6) is 0 Å². The summed E-state index contributed by atoms with van der Waals surface area (Å²) in [4.78, 5) is 16.7. The number of carbonyl (C=O) groups is 1. The lowest BCUT2D eigenvalue weighted by Gasteiger charge is -2.35. The van der Waals surface area contributed by atoms with E-state index in [1.807, 2.05) is 32.9 Å². The van der Waals surface area contributed by atoms with Gasteiger partial charge in [-0.15, -0.1) is 0 Å². The molecular weight excluding hydrogens is 509 g/mol. The Hall–Kier alpha value is -3.82. The molecule has 2 rings (SSSR count). The molecule has 0 aliphatic heterocycles. The maximum absolute atomic E-state index is 13.7. The van der Waals surface area contributed by atoms with E-state index in [1.54, 1.807) is 31.6 Å². The largest absolute Gasteiger partial charge is 0.494 e. The molecule has 0 spiro atoms. The number of ether oxygens (including phenoxy) is 1. The van der Waals surface area contributed by atoms with Gasteiger partial charge in [0, 0.05) is 30.8 Å². The highest BCUT2D eigenvalue weighted by molar-refractivity contribution is 5.75. The van der Waals surface area contributed by atoms with Gasteiger partial charge in [0.05, 0.1) is 19.0 Å². The molecule has 0 bridgehead atoms. The predicted octanol–water partition coefficient (Wildman–Crippen LogP) is 5.57. The summed E-state index contributed by atoms with van der Waals surface area (Å²) in [6, 6.07) is 5.63. The first kappa shape index (κ1) is 32.4. The van der Waals surface area contributed by atoms with Gasteiger partial charge < -0.3 is 25.4 Å². The van der Waals surface area contributed by atoms with Gasteiger partial charge in [-0.1, -0.05) is 31.7 Å². The molecule has 4 N–H and O–H groups in total. The molecule has 0 saturated carbocycles. The second-order valence-electron chi connectivity index (χ2n) is 9.76. The molecule has 1 unspecified atom stereocenters. The first-order chi connectivity index (χ1) is 19.0. The molecule has 0 radical (unpaired) electrons. The molecule has 0 heterocycles. The van der Waals surface area contributed by atoms with Gasteiger partial charge in [-0.3, -0.25) is 10.2 Å². The van der Waals surface area contributed by atoms with Crippen molar-refractivity contribution >= 4 is 6.03 Å². The quantitative estimate of drug-likeness (QED) is 0.178. The number of rotatable bonds is 14. The molecule has 9 heteroatoms. The number of benzene rings is 1. The highest BCUT2D eigenvalue weighted by atomic mass is 19.1. The lowest BCUT2D eigenvalue weighted by atomic mass is 10.1. The van der Waals surface area contributed by atoms with Crippen LogP contribution in [0.25, 0.3) is 0 Å². The number of amides is 2. The first-order valence-corrected chi connectivity index (χ1v) is 13.4. The van der Waals surface area contributed by atoms with Gasteiger partial charge in [0.2, 0.25) is 0 Å². The zero-order valence-corrected chi connectivity index (χ0v) is 24.6. The third-order valence-corrected chi connectivity index (χ3v) is 6.28. The van der Waals surface area contributed by atoms with Crippen LogP contribution in [-0.2, 0) is 11.3 Å². The monoisotopic (exact) mass is 553 g/mol. The Labute approximate surface area is 238 Å². The zero-order chi connectivity index (χ0) is 29.7. The van der Waals surface area contributed by atoms with Gasteiger partial charge in [-0.25, -0.2) is 9.18 Å². The third kappa shape index (κ3) is 10.4. The molecule has 218 valence electrons. The average molecular weight is 554 g/mol. The summed E-state index contributed by atoms with van der Waals surface area (Å²) in [7, 11) is 1.64. The van der Waals surface area contributed by atoms with E-state index in [0.29, 0.717) is 13.0 Å². The Kier molecular flexibility index (Phi) is 13.2. The summed E-state index contributed by atoms with van der Waals surface area (Å²) in [6.45, 7) is 13.9. The minimum absolute atomic E-state index is 0.153. The number of hydrogen-bond acceptors (Lipinski definition) is 6. The van der Waals surface area contributed by atoms with Gasteiger partial charge in [-0.05, 0) is 87.1 Å². The van der Waals surface area contributed by atoms with Crippen LogP contribution >= 0.6 is 0 Å². The van der Waals surface area contributed by atoms with E-state index >= 15 is 0 Å². The van der Waals surface area contributed by atoms with E-state index in [9.17, 15) is 14.3 Å².